The molecule has 9 nitrogen and oxygen atoms in total. The molecule has 2 unspecified atom stereocenters. The number of esters is 2. The van der Waals surface area contributed by atoms with Crippen molar-refractivity contribution in [2.45, 2.75) is 322 Å². The van der Waals surface area contributed by atoms with Crippen molar-refractivity contribution in [3.05, 3.63) is 48.6 Å². The van der Waals surface area contributed by atoms with Crippen molar-refractivity contribution in [1.82, 2.24) is 0 Å². The maximum absolute atomic E-state index is 12.9. The molecule has 0 aromatic rings. The number of hydrogen-bond donors (Lipinski definition) is 0. The maximum atomic E-state index is 12.9. The summed E-state index contributed by atoms with van der Waals surface area (Å²) in [5.41, 5.74) is 0. The highest BCUT2D eigenvalue weighted by molar-refractivity contribution is 5.70. The summed E-state index contributed by atoms with van der Waals surface area (Å²) >= 11 is 0. The predicted octanol–water partition coefficient (Wildman–Crippen LogP) is 18.5. The molecule has 9 heteroatoms. The molecule has 0 saturated heterocycles. The topological polar surface area (TPSA) is 111 Å². The molecule has 0 aliphatic carbocycles. The molecule has 0 radical (unpaired) electrons. The Morgan fingerprint density at radius 1 is 0.390 bits per heavy atom. The zero-order chi connectivity index (χ0) is 56.2. The van der Waals surface area contributed by atoms with Crippen molar-refractivity contribution >= 4 is 17.9 Å². The first-order chi connectivity index (χ1) is 37.6. The summed E-state index contributed by atoms with van der Waals surface area (Å²) in [5.74, 6) is -2.28. The number of allylic oxidation sites excluding steroid dienone is 8. The number of carbonyl (C=O) groups is 3. The summed E-state index contributed by atoms with van der Waals surface area (Å²) in [7, 11) is 5.92. The number of likely N-dealkylation sites (N-methyl/N-ethyl adjacent to an activating group) is 1. The van der Waals surface area contributed by atoms with Crippen LogP contribution in [-0.2, 0) is 33.3 Å². The minimum atomic E-state index is -1.62. The fourth-order valence-electron chi connectivity index (χ4n) is 9.47. The second-order valence-corrected chi connectivity index (χ2v) is 23.4. The lowest BCUT2D eigenvalue weighted by Gasteiger charge is -2.26. The van der Waals surface area contributed by atoms with Gasteiger partial charge in [0.1, 0.15) is 13.2 Å². The van der Waals surface area contributed by atoms with E-state index in [2.05, 4.69) is 62.5 Å². The van der Waals surface area contributed by atoms with E-state index in [1.807, 2.05) is 21.1 Å². The van der Waals surface area contributed by atoms with Crippen LogP contribution in [0.5, 0.6) is 0 Å². The third-order valence-electron chi connectivity index (χ3n) is 14.5. The number of hydrogen-bond acceptors (Lipinski definition) is 8. The van der Waals surface area contributed by atoms with E-state index in [0.717, 1.165) is 70.6 Å². The SMILES string of the molecule is CCCC/C=C\CCCCCCCC(=O)OCC(COC(OCC[N+](C)(C)C)C(=O)[O-])OC(=O)CCCCCCCCCCCCCCCCCCCCCCCCCCCC/C=C\C/C=C\C/C=C\CCCCCCC. The lowest BCUT2D eigenvalue weighted by Crippen LogP contribution is -2.44. The van der Waals surface area contributed by atoms with Crippen LogP contribution in [0.1, 0.15) is 309 Å². The van der Waals surface area contributed by atoms with Crippen LogP contribution < -0.4 is 5.11 Å². The molecule has 0 saturated carbocycles. The van der Waals surface area contributed by atoms with Crippen LogP contribution in [0, 0.1) is 0 Å². The average molecular weight is 1080 g/mol. The van der Waals surface area contributed by atoms with Gasteiger partial charge < -0.3 is 33.3 Å². The molecule has 450 valence electrons. The van der Waals surface area contributed by atoms with E-state index in [9.17, 15) is 19.5 Å². The molecule has 0 amide bonds. The quantitative estimate of drug-likeness (QED) is 0.0195. The highest BCUT2D eigenvalue weighted by Gasteiger charge is 2.22. The van der Waals surface area contributed by atoms with Crippen molar-refractivity contribution < 1.29 is 42.9 Å². The number of aliphatic carboxylic acids is 1. The number of carbonyl (C=O) groups excluding carboxylic acids is 3. The number of quaternary nitrogens is 1. The van der Waals surface area contributed by atoms with Gasteiger partial charge in [0.25, 0.3) is 0 Å². The van der Waals surface area contributed by atoms with Crippen LogP contribution in [0.15, 0.2) is 48.6 Å². The smallest absolute Gasteiger partial charge is 0.306 e. The second-order valence-electron chi connectivity index (χ2n) is 23.4. The first-order valence-electron chi connectivity index (χ1n) is 32.8. The number of carboxylic acids is 1. The van der Waals surface area contributed by atoms with Gasteiger partial charge in [-0.25, -0.2) is 0 Å². The van der Waals surface area contributed by atoms with Gasteiger partial charge in [0.2, 0.25) is 0 Å². The first kappa shape index (κ1) is 74.2. The lowest BCUT2D eigenvalue weighted by atomic mass is 10.0. The van der Waals surface area contributed by atoms with Gasteiger partial charge in [0.15, 0.2) is 12.4 Å². The Morgan fingerprint density at radius 2 is 0.714 bits per heavy atom. The Kier molecular flexibility index (Phi) is 57.3. The predicted molar refractivity (Wildman–Crippen MR) is 325 cm³/mol. The van der Waals surface area contributed by atoms with E-state index in [1.165, 1.54) is 205 Å². The minimum absolute atomic E-state index is 0.148. The number of carboxylic acid groups (broad SMARTS) is 1. The van der Waals surface area contributed by atoms with Crippen molar-refractivity contribution in [1.29, 1.82) is 0 Å². The van der Waals surface area contributed by atoms with Gasteiger partial charge >= 0.3 is 11.9 Å². The molecule has 2 atom stereocenters. The van der Waals surface area contributed by atoms with Crippen LogP contribution in [0.4, 0.5) is 0 Å². The number of rotatable bonds is 61. The summed E-state index contributed by atoms with van der Waals surface area (Å²) < 4.78 is 22.7. The molecule has 0 aliphatic heterocycles. The minimum Gasteiger partial charge on any atom is -0.545 e. The maximum Gasteiger partial charge on any atom is 0.306 e. The van der Waals surface area contributed by atoms with E-state index < -0.39 is 24.3 Å². The molecule has 77 heavy (non-hydrogen) atoms. The van der Waals surface area contributed by atoms with E-state index in [4.69, 9.17) is 18.9 Å². The Balaban J connectivity index is 3.87. The highest BCUT2D eigenvalue weighted by atomic mass is 16.7. The fourth-order valence-corrected chi connectivity index (χ4v) is 9.47. The van der Waals surface area contributed by atoms with Crippen molar-refractivity contribution in [3.8, 4) is 0 Å². The number of unbranched alkanes of at least 4 members (excludes halogenated alkanes) is 38. The van der Waals surface area contributed by atoms with Crippen molar-refractivity contribution in [3.63, 3.8) is 0 Å². The summed E-state index contributed by atoms with van der Waals surface area (Å²) in [6, 6.07) is 0. The largest absolute Gasteiger partial charge is 0.545 e. The molecule has 0 aromatic carbocycles. The molecule has 0 aromatic heterocycles. The third kappa shape index (κ3) is 60.7. The normalized spacial score (nSPS) is 13.0. The van der Waals surface area contributed by atoms with E-state index in [-0.39, 0.29) is 38.6 Å². The van der Waals surface area contributed by atoms with Crippen molar-refractivity contribution in [2.75, 3.05) is 47.5 Å². The standard InChI is InChI=1S/C68H125NO8/c1-6-8-10-12-14-16-18-19-20-21-22-23-24-25-26-27-28-29-30-31-32-33-34-35-36-37-38-39-40-41-42-43-44-45-46-47-49-51-53-55-57-59-66(71)77-64(63-76-68(67(72)73)74-61-60-69(3,4)5)62-75-65(70)58-56-54-52-50-48-17-15-13-11-9-7-2/h13,15,18-19,21-22,24-25,64,68H,6-12,14,16-17,20,23,26-63H2,1-5H3/b15-13-,19-18-,22-21-,25-24-. The van der Waals surface area contributed by atoms with Crippen molar-refractivity contribution in [2.24, 2.45) is 0 Å². The van der Waals surface area contributed by atoms with Crippen LogP contribution >= 0.6 is 0 Å². The third-order valence-corrected chi connectivity index (χ3v) is 14.5. The van der Waals surface area contributed by atoms with Crippen LogP contribution in [-0.4, -0.2) is 82.3 Å². The second kappa shape index (κ2) is 59.4. The van der Waals surface area contributed by atoms with Gasteiger partial charge in [-0.2, -0.15) is 0 Å². The van der Waals surface area contributed by atoms with Gasteiger partial charge in [-0.3, -0.25) is 9.59 Å². The van der Waals surface area contributed by atoms with E-state index in [0.29, 0.717) is 17.4 Å². The van der Waals surface area contributed by atoms with Gasteiger partial charge in [-0.05, 0) is 70.6 Å². The highest BCUT2D eigenvalue weighted by Crippen LogP contribution is 2.18. The number of ether oxygens (including phenoxy) is 4. The van der Waals surface area contributed by atoms with Gasteiger partial charge in [0.05, 0.1) is 40.3 Å². The summed E-state index contributed by atoms with van der Waals surface area (Å²) in [6.45, 7) is 4.71. The Bertz CT molecular complexity index is 1400. The first-order valence-corrected chi connectivity index (χ1v) is 32.8. The summed E-state index contributed by atoms with van der Waals surface area (Å²) in [6.07, 6.45) is 72.2. The Morgan fingerprint density at radius 3 is 1.09 bits per heavy atom. The van der Waals surface area contributed by atoms with Gasteiger partial charge in [-0.15, -0.1) is 0 Å². The molecular formula is C68H125NO8. The summed E-state index contributed by atoms with van der Waals surface area (Å²) in [5, 5.41) is 11.8. The lowest BCUT2D eigenvalue weighted by molar-refractivity contribution is -0.870. The van der Waals surface area contributed by atoms with E-state index in [1.54, 1.807) is 0 Å². The molecule has 0 aliphatic rings. The van der Waals surface area contributed by atoms with Gasteiger partial charge in [0, 0.05) is 12.8 Å². The molecule has 0 fully saturated rings. The molecular weight excluding hydrogens is 959 g/mol. The molecule has 0 N–H and O–H groups in total. The molecule has 0 heterocycles. The zero-order valence-corrected chi connectivity index (χ0v) is 51.3. The zero-order valence-electron chi connectivity index (χ0n) is 51.3. The van der Waals surface area contributed by atoms with Crippen LogP contribution in [0.25, 0.3) is 0 Å². The summed E-state index contributed by atoms with van der Waals surface area (Å²) in [4.78, 5) is 37.2. The molecule has 0 rings (SSSR count). The average Bonchev–Trinajstić information content (AvgIpc) is 3.40. The van der Waals surface area contributed by atoms with Crippen LogP contribution in [0.3, 0.4) is 0 Å². The monoisotopic (exact) mass is 1080 g/mol. The molecule has 0 bridgehead atoms. The van der Waals surface area contributed by atoms with Crippen LogP contribution in [0.2, 0.25) is 0 Å². The Labute approximate surface area is 476 Å². The number of nitrogens with zero attached hydrogens (tertiary/aromatic N) is 1. The fraction of sp³-hybridized carbons (Fsp3) is 0.838. The molecule has 0 spiro atoms. The van der Waals surface area contributed by atoms with Gasteiger partial charge in [-0.1, -0.05) is 274 Å². The Hall–Kier alpha value is -2.75. The van der Waals surface area contributed by atoms with E-state index >= 15 is 0 Å².